The monoisotopic (exact) mass is 201 g/mol. The van der Waals surface area contributed by atoms with Crippen molar-refractivity contribution in [3.63, 3.8) is 0 Å². The Morgan fingerprint density at radius 2 is 2.13 bits per heavy atom. The zero-order chi connectivity index (χ0) is 10.8. The summed E-state index contributed by atoms with van der Waals surface area (Å²) < 4.78 is 0. The van der Waals surface area contributed by atoms with Gasteiger partial charge in [-0.05, 0) is 18.2 Å². The van der Waals surface area contributed by atoms with Gasteiger partial charge in [-0.1, -0.05) is 0 Å². The number of aromatic nitrogens is 2. The fraction of sp³-hybridized carbons (Fsp3) is 0. The molecule has 0 spiro atoms. The van der Waals surface area contributed by atoms with Crippen LogP contribution in [0.1, 0.15) is 10.5 Å². The average molecular weight is 201 g/mol. The molecule has 5 heteroatoms. The molecule has 0 bridgehead atoms. The maximum Gasteiger partial charge on any atom is 0.244 e. The molecule has 1 heterocycles. The smallest absolute Gasteiger partial charge is 0.244 e. The van der Waals surface area contributed by atoms with Crippen LogP contribution in [0.25, 0.3) is 10.9 Å². The molecule has 0 unspecified atom stereocenters. The quantitative estimate of drug-likeness (QED) is 0.332. The van der Waals surface area contributed by atoms with Crippen molar-refractivity contribution in [2.24, 2.45) is 0 Å². The van der Waals surface area contributed by atoms with Crippen LogP contribution in [-0.2, 0) is 4.79 Å². The first kappa shape index (κ1) is 9.26. The number of ketones is 1. The second-order valence-corrected chi connectivity index (χ2v) is 2.98. The number of nitrogens with zero attached hydrogens (tertiary/aromatic N) is 2. The van der Waals surface area contributed by atoms with Crippen LogP contribution < -0.4 is 5.73 Å². The number of Topliss-reactive ketones (excluding diaryl/α,β-unsaturated/α-hetero) is 1. The Labute approximate surface area is 84.9 Å². The van der Waals surface area contributed by atoms with Crippen LogP contribution in [0.2, 0.25) is 0 Å². The van der Waals surface area contributed by atoms with Crippen molar-refractivity contribution in [3.8, 4) is 0 Å². The van der Waals surface area contributed by atoms with Gasteiger partial charge >= 0.3 is 0 Å². The zero-order valence-corrected chi connectivity index (χ0v) is 7.68. The molecule has 0 aliphatic heterocycles. The highest BCUT2D eigenvalue weighted by Gasteiger charge is 2.10. The molecule has 1 aromatic heterocycles. The van der Waals surface area contributed by atoms with Gasteiger partial charge in [0.2, 0.25) is 5.78 Å². The van der Waals surface area contributed by atoms with Crippen molar-refractivity contribution in [2.75, 3.05) is 5.73 Å². The number of anilines is 1. The number of rotatable bonds is 2. The molecule has 0 atom stereocenters. The predicted octanol–water partition coefficient (Wildman–Crippen LogP) is 0.594. The van der Waals surface area contributed by atoms with E-state index in [1.165, 1.54) is 6.33 Å². The summed E-state index contributed by atoms with van der Waals surface area (Å²) in [6.07, 6.45) is 1.47. The van der Waals surface area contributed by atoms with E-state index >= 15 is 0 Å². The highest BCUT2D eigenvalue weighted by atomic mass is 16.2. The highest BCUT2D eigenvalue weighted by molar-refractivity contribution is 6.35. The van der Waals surface area contributed by atoms with Crippen LogP contribution in [0.5, 0.6) is 0 Å². The fourth-order valence-electron chi connectivity index (χ4n) is 1.33. The Bertz CT molecular complexity index is 551. The number of nitrogens with two attached hydrogens (primary N) is 1. The zero-order valence-electron chi connectivity index (χ0n) is 7.68. The summed E-state index contributed by atoms with van der Waals surface area (Å²) >= 11 is 0. The van der Waals surface area contributed by atoms with Crippen LogP contribution in [0.15, 0.2) is 24.5 Å². The van der Waals surface area contributed by atoms with Gasteiger partial charge in [-0.15, -0.1) is 0 Å². The van der Waals surface area contributed by atoms with Crippen molar-refractivity contribution >= 4 is 28.7 Å². The topological polar surface area (TPSA) is 85.9 Å². The van der Waals surface area contributed by atoms with Gasteiger partial charge in [0.1, 0.15) is 12.0 Å². The summed E-state index contributed by atoms with van der Waals surface area (Å²) in [5.74, 6) is -0.660. The summed E-state index contributed by atoms with van der Waals surface area (Å²) in [5.41, 5.74) is 6.77. The van der Waals surface area contributed by atoms with Gasteiger partial charge in [-0.3, -0.25) is 9.59 Å². The number of hydrogen-bond acceptors (Lipinski definition) is 5. The third kappa shape index (κ3) is 1.54. The van der Waals surface area contributed by atoms with Gasteiger partial charge in [0.25, 0.3) is 0 Å². The molecule has 0 amide bonds. The van der Waals surface area contributed by atoms with E-state index in [1.54, 1.807) is 18.2 Å². The lowest BCUT2D eigenvalue weighted by atomic mass is 10.1. The lowest BCUT2D eigenvalue weighted by molar-refractivity contribution is -0.104. The molecule has 0 fully saturated rings. The summed E-state index contributed by atoms with van der Waals surface area (Å²) in [5, 5.41) is 0.531. The Morgan fingerprint density at radius 1 is 1.33 bits per heavy atom. The van der Waals surface area contributed by atoms with Crippen molar-refractivity contribution in [1.82, 2.24) is 9.97 Å². The van der Waals surface area contributed by atoms with E-state index in [2.05, 4.69) is 9.97 Å². The van der Waals surface area contributed by atoms with Crippen LogP contribution in [0.4, 0.5) is 5.69 Å². The van der Waals surface area contributed by atoms with Crippen LogP contribution in [0, 0.1) is 0 Å². The third-order valence-electron chi connectivity index (χ3n) is 2.00. The molecular formula is C10H7N3O2. The molecule has 0 saturated heterocycles. The lowest BCUT2D eigenvalue weighted by Gasteiger charge is -2.01. The van der Waals surface area contributed by atoms with Gasteiger partial charge in [0.05, 0.1) is 5.52 Å². The van der Waals surface area contributed by atoms with E-state index in [1.807, 2.05) is 0 Å². The molecule has 0 aliphatic rings. The van der Waals surface area contributed by atoms with E-state index in [-0.39, 0.29) is 12.0 Å². The minimum absolute atomic E-state index is 0.106. The summed E-state index contributed by atoms with van der Waals surface area (Å²) in [6, 6.07) is 4.88. The van der Waals surface area contributed by atoms with Crippen molar-refractivity contribution < 1.29 is 9.59 Å². The number of hydrogen-bond donors (Lipinski definition) is 1. The number of benzene rings is 1. The molecule has 2 aromatic rings. The number of fused-ring (bicyclic) bond motifs is 1. The molecule has 0 aliphatic carbocycles. The molecule has 74 valence electrons. The summed E-state index contributed by atoms with van der Waals surface area (Å²) in [6.45, 7) is 0. The van der Waals surface area contributed by atoms with Gasteiger partial charge in [0.15, 0.2) is 6.29 Å². The molecule has 15 heavy (non-hydrogen) atoms. The Hall–Kier alpha value is -2.30. The number of nitrogen functional groups attached to an aromatic ring is 1. The summed E-state index contributed by atoms with van der Waals surface area (Å²) in [4.78, 5) is 29.3. The number of carbonyl (C=O) groups is 2. The van der Waals surface area contributed by atoms with E-state index < -0.39 is 5.78 Å². The molecule has 0 radical (unpaired) electrons. The molecule has 5 nitrogen and oxygen atoms in total. The number of aldehydes is 1. The van der Waals surface area contributed by atoms with Crippen LogP contribution in [-0.4, -0.2) is 22.0 Å². The second kappa shape index (κ2) is 3.45. The predicted molar refractivity (Wildman–Crippen MR) is 54.3 cm³/mol. The van der Waals surface area contributed by atoms with Gasteiger partial charge in [-0.2, -0.15) is 0 Å². The standard InChI is InChI=1S/C10H7N3O2/c11-6-1-2-7-8(3-6)12-5-13-10(7)9(15)4-14/h1-5H,11H2. The van der Waals surface area contributed by atoms with Crippen molar-refractivity contribution in [1.29, 1.82) is 0 Å². The van der Waals surface area contributed by atoms with E-state index in [4.69, 9.17) is 5.73 Å². The average Bonchev–Trinajstić information content (AvgIpc) is 2.26. The van der Waals surface area contributed by atoms with Gasteiger partial charge in [0, 0.05) is 11.1 Å². The largest absolute Gasteiger partial charge is 0.399 e. The SMILES string of the molecule is Nc1ccc2c(C(=O)C=O)ncnc2c1. The minimum Gasteiger partial charge on any atom is -0.399 e. The normalized spacial score (nSPS) is 10.1. The molecule has 2 N–H and O–H groups in total. The van der Waals surface area contributed by atoms with Crippen molar-refractivity contribution in [2.45, 2.75) is 0 Å². The highest BCUT2D eigenvalue weighted by Crippen LogP contribution is 2.17. The van der Waals surface area contributed by atoms with E-state index in [0.717, 1.165) is 0 Å². The van der Waals surface area contributed by atoms with Crippen molar-refractivity contribution in [3.05, 3.63) is 30.2 Å². The summed E-state index contributed by atoms with van der Waals surface area (Å²) in [7, 11) is 0. The van der Waals surface area contributed by atoms with Gasteiger partial charge < -0.3 is 5.73 Å². The lowest BCUT2D eigenvalue weighted by Crippen LogP contribution is -2.04. The first-order valence-corrected chi connectivity index (χ1v) is 4.22. The molecule has 2 rings (SSSR count). The maximum atomic E-state index is 11.2. The first-order chi connectivity index (χ1) is 7.22. The van der Waals surface area contributed by atoms with E-state index in [0.29, 0.717) is 16.6 Å². The Kier molecular flexibility index (Phi) is 2.13. The van der Waals surface area contributed by atoms with E-state index in [9.17, 15) is 9.59 Å². The molecule has 0 saturated carbocycles. The Balaban J connectivity index is 2.76. The van der Waals surface area contributed by atoms with Crippen LogP contribution >= 0.6 is 0 Å². The number of carbonyl (C=O) groups excluding carboxylic acids is 2. The molecule has 1 aromatic carbocycles. The van der Waals surface area contributed by atoms with Crippen LogP contribution in [0.3, 0.4) is 0 Å². The third-order valence-corrected chi connectivity index (χ3v) is 2.00. The molecular weight excluding hydrogens is 194 g/mol. The fourth-order valence-corrected chi connectivity index (χ4v) is 1.33. The minimum atomic E-state index is -0.660. The Morgan fingerprint density at radius 3 is 2.87 bits per heavy atom. The second-order valence-electron chi connectivity index (χ2n) is 2.98. The maximum absolute atomic E-state index is 11.2. The van der Waals surface area contributed by atoms with Gasteiger partial charge in [-0.25, -0.2) is 9.97 Å². The first-order valence-electron chi connectivity index (χ1n) is 4.22.